The number of nitrogens with one attached hydrogen (secondary N) is 2. The molecule has 0 radical (unpaired) electrons. The van der Waals surface area contributed by atoms with Gasteiger partial charge in [0.05, 0.1) is 6.61 Å². The molecule has 22 heavy (non-hydrogen) atoms. The SMILES string of the molecule is CCOC(=O)NC1CCCN(C(=O)Nc2cccc(F)c2)C1. The van der Waals surface area contributed by atoms with Gasteiger partial charge in [0.2, 0.25) is 0 Å². The molecule has 1 atom stereocenters. The largest absolute Gasteiger partial charge is 0.450 e. The van der Waals surface area contributed by atoms with Gasteiger partial charge in [-0.1, -0.05) is 6.07 Å². The number of nitrogens with zero attached hydrogens (tertiary/aromatic N) is 1. The number of benzene rings is 1. The van der Waals surface area contributed by atoms with Crippen LogP contribution in [0, 0.1) is 5.82 Å². The summed E-state index contributed by atoms with van der Waals surface area (Å²) in [6.45, 7) is 3.05. The lowest BCUT2D eigenvalue weighted by Crippen LogP contribution is -2.50. The highest BCUT2D eigenvalue weighted by Gasteiger charge is 2.25. The molecule has 0 saturated carbocycles. The number of ether oxygens (including phenoxy) is 1. The molecule has 0 aromatic heterocycles. The van der Waals surface area contributed by atoms with E-state index in [0.717, 1.165) is 12.8 Å². The summed E-state index contributed by atoms with van der Waals surface area (Å²) in [4.78, 5) is 25.2. The Balaban J connectivity index is 1.88. The third-order valence-electron chi connectivity index (χ3n) is 3.38. The molecule has 6 nitrogen and oxygen atoms in total. The normalized spacial score (nSPS) is 17.7. The fraction of sp³-hybridized carbons (Fsp3) is 0.467. The predicted molar refractivity (Wildman–Crippen MR) is 80.2 cm³/mol. The standard InChI is InChI=1S/C15H20FN3O3/c1-2-22-15(21)18-13-7-4-8-19(10-13)14(20)17-12-6-3-5-11(16)9-12/h3,5-6,9,13H,2,4,7-8,10H2,1H3,(H,17,20)(H,18,21). The van der Waals surface area contributed by atoms with Gasteiger partial charge in [0.25, 0.3) is 0 Å². The molecule has 120 valence electrons. The van der Waals surface area contributed by atoms with Crippen molar-refractivity contribution < 1.29 is 18.7 Å². The van der Waals surface area contributed by atoms with E-state index in [9.17, 15) is 14.0 Å². The lowest BCUT2D eigenvalue weighted by atomic mass is 10.1. The van der Waals surface area contributed by atoms with Crippen molar-refractivity contribution in [2.45, 2.75) is 25.8 Å². The van der Waals surface area contributed by atoms with Gasteiger partial charge >= 0.3 is 12.1 Å². The number of anilines is 1. The molecular weight excluding hydrogens is 289 g/mol. The van der Waals surface area contributed by atoms with Gasteiger partial charge in [0.1, 0.15) is 5.82 Å². The number of urea groups is 1. The number of carbonyl (C=O) groups excluding carboxylic acids is 2. The Morgan fingerprint density at radius 1 is 1.45 bits per heavy atom. The molecule has 2 N–H and O–H groups in total. The van der Waals surface area contributed by atoms with Crippen molar-refractivity contribution in [1.29, 1.82) is 0 Å². The van der Waals surface area contributed by atoms with E-state index in [2.05, 4.69) is 10.6 Å². The Kier molecular flexibility index (Phi) is 5.57. The molecule has 1 aliphatic heterocycles. The number of alkyl carbamates (subject to hydrolysis) is 1. The summed E-state index contributed by atoms with van der Waals surface area (Å²) in [6.07, 6.45) is 1.11. The maximum absolute atomic E-state index is 13.1. The van der Waals surface area contributed by atoms with E-state index in [4.69, 9.17) is 4.74 Å². The molecule has 0 spiro atoms. The third kappa shape index (κ3) is 4.61. The summed E-state index contributed by atoms with van der Waals surface area (Å²) in [5.74, 6) is -0.404. The van der Waals surface area contributed by atoms with Gasteiger partial charge in [0.15, 0.2) is 0 Å². The monoisotopic (exact) mass is 309 g/mol. The molecule has 7 heteroatoms. The molecule has 1 aromatic rings. The first kappa shape index (κ1) is 16.1. The number of likely N-dealkylation sites (tertiary alicyclic amines) is 1. The molecule has 0 aliphatic carbocycles. The van der Waals surface area contributed by atoms with Crippen LogP contribution < -0.4 is 10.6 Å². The smallest absolute Gasteiger partial charge is 0.407 e. The number of halogens is 1. The van der Waals surface area contributed by atoms with E-state index in [-0.39, 0.29) is 12.1 Å². The van der Waals surface area contributed by atoms with Crippen LogP contribution in [0.1, 0.15) is 19.8 Å². The Labute approximate surface area is 128 Å². The van der Waals surface area contributed by atoms with Crippen LogP contribution in [0.2, 0.25) is 0 Å². The molecule has 0 bridgehead atoms. The minimum atomic E-state index is -0.472. The van der Waals surface area contributed by atoms with Crippen LogP contribution in [0.3, 0.4) is 0 Å². The van der Waals surface area contributed by atoms with Gasteiger partial charge in [-0.25, -0.2) is 14.0 Å². The van der Waals surface area contributed by atoms with Crippen LogP contribution in [0.4, 0.5) is 19.7 Å². The molecule has 1 aromatic carbocycles. The molecular formula is C15H20FN3O3. The number of piperidine rings is 1. The number of amides is 3. The molecule has 1 aliphatic rings. The second-order valence-corrected chi connectivity index (χ2v) is 5.09. The number of hydrogen-bond donors (Lipinski definition) is 2. The Bertz CT molecular complexity index is 539. The zero-order chi connectivity index (χ0) is 15.9. The Morgan fingerprint density at radius 3 is 3.00 bits per heavy atom. The minimum absolute atomic E-state index is 0.133. The van der Waals surface area contributed by atoms with Crippen molar-refractivity contribution in [2.24, 2.45) is 0 Å². The van der Waals surface area contributed by atoms with E-state index < -0.39 is 11.9 Å². The Hall–Kier alpha value is -2.31. The third-order valence-corrected chi connectivity index (χ3v) is 3.38. The summed E-state index contributed by atoms with van der Waals surface area (Å²) in [7, 11) is 0. The van der Waals surface area contributed by atoms with Crippen molar-refractivity contribution in [3.05, 3.63) is 30.1 Å². The van der Waals surface area contributed by atoms with Gasteiger partial charge in [-0.05, 0) is 38.0 Å². The first-order chi connectivity index (χ1) is 10.6. The average Bonchev–Trinajstić information content (AvgIpc) is 2.47. The van der Waals surface area contributed by atoms with Gasteiger partial charge < -0.3 is 20.3 Å². The van der Waals surface area contributed by atoms with E-state index in [1.165, 1.54) is 18.2 Å². The van der Waals surface area contributed by atoms with Gasteiger partial charge in [-0.3, -0.25) is 0 Å². The summed E-state index contributed by atoms with van der Waals surface area (Å²) in [5.41, 5.74) is 0.408. The summed E-state index contributed by atoms with van der Waals surface area (Å²) in [6, 6.07) is 5.30. The van der Waals surface area contributed by atoms with Crippen molar-refractivity contribution in [3.8, 4) is 0 Å². The molecule has 1 saturated heterocycles. The molecule has 1 unspecified atom stereocenters. The van der Waals surface area contributed by atoms with Crippen molar-refractivity contribution >= 4 is 17.8 Å². The van der Waals surface area contributed by atoms with Crippen LogP contribution in [0.15, 0.2) is 24.3 Å². The first-order valence-corrected chi connectivity index (χ1v) is 7.33. The highest BCUT2D eigenvalue weighted by atomic mass is 19.1. The quantitative estimate of drug-likeness (QED) is 0.901. The minimum Gasteiger partial charge on any atom is -0.450 e. The zero-order valence-corrected chi connectivity index (χ0v) is 12.5. The number of rotatable bonds is 3. The van der Waals surface area contributed by atoms with E-state index in [1.54, 1.807) is 17.9 Å². The van der Waals surface area contributed by atoms with Crippen LogP contribution in [0.25, 0.3) is 0 Å². The van der Waals surface area contributed by atoms with E-state index in [0.29, 0.717) is 25.4 Å². The lowest BCUT2D eigenvalue weighted by Gasteiger charge is -2.32. The van der Waals surface area contributed by atoms with Crippen LogP contribution in [-0.4, -0.2) is 42.8 Å². The van der Waals surface area contributed by atoms with Crippen LogP contribution >= 0.6 is 0 Å². The predicted octanol–water partition coefficient (Wildman–Crippen LogP) is 2.57. The summed E-state index contributed by atoms with van der Waals surface area (Å²) in [5, 5.41) is 5.39. The highest BCUT2D eigenvalue weighted by molar-refractivity contribution is 5.89. The second kappa shape index (κ2) is 7.63. The van der Waals surface area contributed by atoms with Crippen molar-refractivity contribution in [1.82, 2.24) is 10.2 Å². The van der Waals surface area contributed by atoms with E-state index in [1.807, 2.05) is 0 Å². The zero-order valence-electron chi connectivity index (χ0n) is 12.5. The maximum atomic E-state index is 13.1. The summed E-state index contributed by atoms with van der Waals surface area (Å²) >= 11 is 0. The maximum Gasteiger partial charge on any atom is 0.407 e. The fourth-order valence-electron chi connectivity index (χ4n) is 2.39. The van der Waals surface area contributed by atoms with Gasteiger partial charge in [-0.15, -0.1) is 0 Å². The van der Waals surface area contributed by atoms with Crippen LogP contribution in [-0.2, 0) is 4.74 Å². The van der Waals surface area contributed by atoms with Gasteiger partial charge in [0, 0.05) is 24.8 Å². The lowest BCUT2D eigenvalue weighted by molar-refractivity contribution is 0.137. The second-order valence-electron chi connectivity index (χ2n) is 5.09. The molecule has 2 rings (SSSR count). The first-order valence-electron chi connectivity index (χ1n) is 7.33. The average molecular weight is 309 g/mol. The van der Waals surface area contributed by atoms with Crippen LogP contribution in [0.5, 0.6) is 0 Å². The number of hydrogen-bond acceptors (Lipinski definition) is 3. The molecule has 3 amide bonds. The van der Waals surface area contributed by atoms with Gasteiger partial charge in [-0.2, -0.15) is 0 Å². The van der Waals surface area contributed by atoms with E-state index >= 15 is 0 Å². The fourth-order valence-corrected chi connectivity index (χ4v) is 2.39. The molecule has 1 fully saturated rings. The number of carbonyl (C=O) groups is 2. The molecule has 1 heterocycles. The van der Waals surface area contributed by atoms with Crippen molar-refractivity contribution in [2.75, 3.05) is 25.0 Å². The highest BCUT2D eigenvalue weighted by Crippen LogP contribution is 2.14. The summed E-state index contributed by atoms with van der Waals surface area (Å²) < 4.78 is 17.9. The topological polar surface area (TPSA) is 70.7 Å². The Morgan fingerprint density at radius 2 is 2.27 bits per heavy atom. The van der Waals surface area contributed by atoms with Crippen molar-refractivity contribution in [3.63, 3.8) is 0 Å².